The van der Waals surface area contributed by atoms with Gasteiger partial charge in [0.1, 0.15) is 0 Å². The predicted molar refractivity (Wildman–Crippen MR) is 113 cm³/mol. The summed E-state index contributed by atoms with van der Waals surface area (Å²) < 4.78 is 0. The normalized spacial score (nSPS) is 12.7. The predicted octanol–water partition coefficient (Wildman–Crippen LogP) is 5.97. The molecule has 0 radical (unpaired) electrons. The molecule has 0 aliphatic heterocycles. The zero-order valence-corrected chi connectivity index (χ0v) is 17.1. The van der Waals surface area contributed by atoms with Crippen molar-refractivity contribution >= 4 is 11.9 Å². The van der Waals surface area contributed by atoms with E-state index < -0.39 is 5.97 Å². The largest absolute Gasteiger partial charge is 0.355 e. The number of nitrogens with one attached hydrogen (secondary N) is 1. The van der Waals surface area contributed by atoms with Crippen molar-refractivity contribution in [3.05, 3.63) is 49.1 Å². The second kappa shape index (κ2) is 18.7. The number of rotatable bonds is 15. The highest BCUT2D eigenvalue weighted by Gasteiger charge is 2.16. The summed E-state index contributed by atoms with van der Waals surface area (Å²) in [7, 11) is 0. The minimum Gasteiger partial charge on any atom is -0.336 e. The average molecular weight is 376 g/mol. The molecule has 4 heteroatoms. The Morgan fingerprint density at radius 3 is 2.19 bits per heavy atom. The Kier molecular flexibility index (Phi) is 17.2. The highest BCUT2D eigenvalue weighted by atomic mass is 16.7. The van der Waals surface area contributed by atoms with Crippen molar-refractivity contribution in [2.24, 2.45) is 5.92 Å². The van der Waals surface area contributed by atoms with Gasteiger partial charge in [-0.2, -0.15) is 5.48 Å². The highest BCUT2D eigenvalue weighted by molar-refractivity contribution is 5.84. The zero-order valence-electron chi connectivity index (χ0n) is 17.1. The van der Waals surface area contributed by atoms with Gasteiger partial charge in [0.2, 0.25) is 0 Å². The molecule has 0 aromatic rings. The maximum Gasteiger partial charge on any atom is 0.355 e. The fourth-order valence-corrected chi connectivity index (χ4v) is 2.58. The maximum atomic E-state index is 11.9. The highest BCUT2D eigenvalue weighted by Crippen LogP contribution is 2.15. The van der Waals surface area contributed by atoms with E-state index in [-0.39, 0.29) is 11.8 Å². The first kappa shape index (κ1) is 24.9. The number of amides is 1. The monoisotopic (exact) mass is 375 g/mol. The van der Waals surface area contributed by atoms with E-state index in [2.05, 4.69) is 60.3 Å². The average Bonchev–Trinajstić information content (AvgIpc) is 2.68. The first-order valence-electron chi connectivity index (χ1n) is 10.2. The van der Waals surface area contributed by atoms with Crippen molar-refractivity contribution < 1.29 is 14.4 Å². The SMILES string of the molecule is C=CC(=O)ONC(=O)C(CC)CCCCCCC=CCC=CCC=CCC. The molecule has 0 aromatic carbocycles. The standard InChI is InChI=1S/C23H37NO3/c1-4-7-8-9-10-11-12-13-14-15-16-17-18-19-20-21(5-2)23(26)24-27-22(25)6-3/h6-8,10-11,13-14,21H,3-5,9,12,15-20H2,1-2H3,(H,24,26). The molecule has 0 aliphatic carbocycles. The Bertz CT molecular complexity index is 492. The second-order valence-corrected chi connectivity index (χ2v) is 6.48. The van der Waals surface area contributed by atoms with Crippen LogP contribution in [0.25, 0.3) is 0 Å². The van der Waals surface area contributed by atoms with Crippen LogP contribution < -0.4 is 5.48 Å². The molecular weight excluding hydrogens is 338 g/mol. The van der Waals surface area contributed by atoms with Crippen LogP contribution in [0.4, 0.5) is 0 Å². The number of allylic oxidation sites excluding steroid dienone is 6. The van der Waals surface area contributed by atoms with Crippen molar-refractivity contribution in [2.45, 2.75) is 78.1 Å². The smallest absolute Gasteiger partial charge is 0.336 e. The molecule has 0 fully saturated rings. The molecule has 1 N–H and O–H groups in total. The summed E-state index contributed by atoms with van der Waals surface area (Å²) in [6.07, 6.45) is 24.6. The second-order valence-electron chi connectivity index (χ2n) is 6.48. The molecule has 0 aromatic heterocycles. The van der Waals surface area contributed by atoms with Gasteiger partial charge in [0.15, 0.2) is 0 Å². The third kappa shape index (κ3) is 15.8. The Balaban J connectivity index is 3.66. The van der Waals surface area contributed by atoms with Crippen molar-refractivity contribution in [2.75, 3.05) is 0 Å². The van der Waals surface area contributed by atoms with Gasteiger partial charge in [-0.1, -0.05) is 76.1 Å². The van der Waals surface area contributed by atoms with Crippen molar-refractivity contribution in [3.8, 4) is 0 Å². The van der Waals surface area contributed by atoms with Crippen LogP contribution in [-0.4, -0.2) is 11.9 Å². The van der Waals surface area contributed by atoms with E-state index in [9.17, 15) is 9.59 Å². The van der Waals surface area contributed by atoms with Gasteiger partial charge in [-0.25, -0.2) is 4.79 Å². The summed E-state index contributed by atoms with van der Waals surface area (Å²) in [5.74, 6) is -0.981. The minimum atomic E-state index is -0.643. The van der Waals surface area contributed by atoms with E-state index in [1.54, 1.807) is 0 Å². The summed E-state index contributed by atoms with van der Waals surface area (Å²) in [5, 5.41) is 0. The van der Waals surface area contributed by atoms with Gasteiger partial charge in [-0.05, 0) is 44.9 Å². The molecule has 152 valence electrons. The molecule has 27 heavy (non-hydrogen) atoms. The number of hydrogen-bond donors (Lipinski definition) is 1. The summed E-state index contributed by atoms with van der Waals surface area (Å²) >= 11 is 0. The van der Waals surface area contributed by atoms with Gasteiger partial charge in [-0.3, -0.25) is 4.79 Å². The third-order valence-electron chi connectivity index (χ3n) is 4.24. The summed E-state index contributed by atoms with van der Waals surface area (Å²) in [6.45, 7) is 7.40. The van der Waals surface area contributed by atoms with E-state index in [1.165, 1.54) is 12.8 Å². The molecule has 0 spiro atoms. The molecule has 1 unspecified atom stereocenters. The Morgan fingerprint density at radius 2 is 1.56 bits per heavy atom. The van der Waals surface area contributed by atoms with Gasteiger partial charge in [0, 0.05) is 12.0 Å². The third-order valence-corrected chi connectivity index (χ3v) is 4.24. The lowest BCUT2D eigenvalue weighted by Gasteiger charge is -2.13. The van der Waals surface area contributed by atoms with Gasteiger partial charge in [-0.15, -0.1) is 0 Å². The van der Waals surface area contributed by atoms with Crippen LogP contribution in [0, 0.1) is 5.92 Å². The van der Waals surface area contributed by atoms with Crippen molar-refractivity contribution in [1.82, 2.24) is 5.48 Å². The van der Waals surface area contributed by atoms with E-state index in [0.717, 1.165) is 57.4 Å². The number of carbonyl (C=O) groups is 2. The number of hydroxylamine groups is 1. The van der Waals surface area contributed by atoms with Gasteiger partial charge in [0.05, 0.1) is 0 Å². The van der Waals surface area contributed by atoms with Crippen LogP contribution in [0.5, 0.6) is 0 Å². The Hall–Kier alpha value is -2.10. The Labute approximate surface area is 165 Å². The van der Waals surface area contributed by atoms with Crippen LogP contribution in [0.2, 0.25) is 0 Å². The van der Waals surface area contributed by atoms with E-state index in [1.807, 2.05) is 6.92 Å². The van der Waals surface area contributed by atoms with E-state index >= 15 is 0 Å². The quantitative estimate of drug-likeness (QED) is 0.166. The van der Waals surface area contributed by atoms with Crippen LogP contribution in [0.3, 0.4) is 0 Å². The molecule has 0 heterocycles. The molecule has 4 nitrogen and oxygen atoms in total. The minimum absolute atomic E-state index is 0.110. The first-order valence-corrected chi connectivity index (χ1v) is 10.2. The lowest BCUT2D eigenvalue weighted by molar-refractivity contribution is -0.155. The van der Waals surface area contributed by atoms with Gasteiger partial charge in [0.25, 0.3) is 5.91 Å². The topological polar surface area (TPSA) is 55.4 Å². The fourth-order valence-electron chi connectivity index (χ4n) is 2.58. The van der Waals surface area contributed by atoms with E-state index in [0.29, 0.717) is 0 Å². The Morgan fingerprint density at radius 1 is 0.926 bits per heavy atom. The summed E-state index contributed by atoms with van der Waals surface area (Å²) in [6, 6.07) is 0. The lowest BCUT2D eigenvalue weighted by atomic mass is 9.97. The number of unbranched alkanes of at least 4 members (excludes halogenated alkanes) is 4. The van der Waals surface area contributed by atoms with Crippen LogP contribution in [-0.2, 0) is 14.4 Å². The molecule has 0 saturated heterocycles. The lowest BCUT2D eigenvalue weighted by Crippen LogP contribution is -2.32. The molecule has 0 saturated carbocycles. The summed E-state index contributed by atoms with van der Waals surface area (Å²) in [5.41, 5.74) is 2.21. The molecule has 0 rings (SSSR count). The zero-order chi connectivity index (χ0) is 20.2. The fraction of sp³-hybridized carbons (Fsp3) is 0.565. The van der Waals surface area contributed by atoms with E-state index in [4.69, 9.17) is 0 Å². The van der Waals surface area contributed by atoms with Crippen LogP contribution in [0.15, 0.2) is 49.1 Å². The van der Waals surface area contributed by atoms with Crippen molar-refractivity contribution in [3.63, 3.8) is 0 Å². The number of carbonyl (C=O) groups excluding carboxylic acids is 2. The first-order chi connectivity index (χ1) is 13.2. The maximum absolute atomic E-state index is 11.9. The van der Waals surface area contributed by atoms with Crippen LogP contribution >= 0.6 is 0 Å². The van der Waals surface area contributed by atoms with Crippen LogP contribution in [0.1, 0.15) is 78.1 Å². The van der Waals surface area contributed by atoms with Gasteiger partial charge >= 0.3 is 5.97 Å². The molecule has 1 amide bonds. The van der Waals surface area contributed by atoms with Gasteiger partial charge < -0.3 is 4.84 Å². The number of hydrogen-bond acceptors (Lipinski definition) is 3. The molecule has 1 atom stereocenters. The molecule has 0 bridgehead atoms. The molecule has 0 aliphatic rings. The summed E-state index contributed by atoms with van der Waals surface area (Å²) in [4.78, 5) is 27.5. The van der Waals surface area contributed by atoms with Crippen molar-refractivity contribution in [1.29, 1.82) is 0 Å². The molecular formula is C23H37NO3.